The Balaban J connectivity index is 1.74. The molecule has 144 valence electrons. The zero-order valence-corrected chi connectivity index (χ0v) is 14.5. The van der Waals surface area contributed by atoms with Crippen molar-refractivity contribution in [2.24, 2.45) is 0 Å². The molecule has 2 amide bonds. The summed E-state index contributed by atoms with van der Waals surface area (Å²) < 4.78 is 40.7. The zero-order valence-electron chi connectivity index (χ0n) is 14.5. The average Bonchev–Trinajstić information content (AvgIpc) is 2.79. The molecule has 5 nitrogen and oxygen atoms in total. The number of rotatable bonds is 7. The van der Waals surface area contributed by atoms with E-state index in [1.807, 2.05) is 0 Å². The van der Waals surface area contributed by atoms with E-state index >= 15 is 0 Å². The normalized spacial score (nSPS) is 15.7. The molecule has 2 rings (SSSR count). The number of nitrogens with zero attached hydrogens (tertiary/aromatic N) is 1. The first-order chi connectivity index (χ1) is 12.3. The molecular weight excluding hydrogens is 349 g/mol. The highest BCUT2D eigenvalue weighted by Crippen LogP contribution is 2.16. The third-order valence-corrected chi connectivity index (χ3v) is 4.09. The molecule has 1 fully saturated rings. The van der Waals surface area contributed by atoms with Gasteiger partial charge in [-0.3, -0.25) is 9.59 Å². The third-order valence-electron chi connectivity index (χ3n) is 4.09. The number of hydrogen-bond acceptors (Lipinski definition) is 3. The second-order valence-corrected chi connectivity index (χ2v) is 6.25. The number of nitrogens with one attached hydrogen (secondary N) is 1. The molecule has 1 aromatic rings. The van der Waals surface area contributed by atoms with Crippen LogP contribution >= 0.6 is 0 Å². The predicted octanol–water partition coefficient (Wildman–Crippen LogP) is 2.90. The molecular formula is C18H23F3N2O3. The number of alkyl halides is 3. The number of amides is 2. The van der Waals surface area contributed by atoms with E-state index in [0.717, 1.165) is 25.8 Å². The summed E-state index contributed by atoms with van der Waals surface area (Å²) in [5.41, 5.74) is 0.965. The average molecular weight is 372 g/mol. The quantitative estimate of drug-likeness (QED) is 0.801. The minimum Gasteiger partial charge on any atom is -0.367 e. The van der Waals surface area contributed by atoms with Crippen LogP contribution < -0.4 is 5.32 Å². The second-order valence-electron chi connectivity index (χ2n) is 6.25. The highest BCUT2D eigenvalue weighted by Gasteiger charge is 2.27. The van der Waals surface area contributed by atoms with Crippen molar-refractivity contribution >= 4 is 11.8 Å². The van der Waals surface area contributed by atoms with Crippen molar-refractivity contribution < 1.29 is 27.5 Å². The van der Waals surface area contributed by atoms with Gasteiger partial charge in [-0.25, -0.2) is 0 Å². The molecule has 0 radical (unpaired) electrons. The lowest BCUT2D eigenvalue weighted by molar-refractivity contribution is -0.176. The fraction of sp³-hybridized carbons (Fsp3) is 0.556. The van der Waals surface area contributed by atoms with Gasteiger partial charge in [0.05, 0.1) is 6.61 Å². The number of ether oxygens (including phenoxy) is 1. The predicted molar refractivity (Wildman–Crippen MR) is 89.5 cm³/mol. The third kappa shape index (κ3) is 7.03. The molecule has 1 heterocycles. The van der Waals surface area contributed by atoms with E-state index < -0.39 is 12.8 Å². The number of hydrogen-bond donors (Lipinski definition) is 1. The highest BCUT2D eigenvalue weighted by molar-refractivity contribution is 5.94. The second kappa shape index (κ2) is 9.56. The van der Waals surface area contributed by atoms with E-state index in [4.69, 9.17) is 0 Å². The van der Waals surface area contributed by atoms with Gasteiger partial charge in [-0.2, -0.15) is 13.2 Å². The van der Waals surface area contributed by atoms with Gasteiger partial charge in [0.2, 0.25) is 5.91 Å². The Bertz CT molecular complexity index is 603. The van der Waals surface area contributed by atoms with Crippen molar-refractivity contribution in [3.8, 4) is 0 Å². The summed E-state index contributed by atoms with van der Waals surface area (Å²) in [6.07, 6.45) is -0.841. The Hall–Kier alpha value is -2.09. The van der Waals surface area contributed by atoms with Gasteiger partial charge in [-0.05, 0) is 30.5 Å². The van der Waals surface area contributed by atoms with E-state index in [9.17, 15) is 22.8 Å². The van der Waals surface area contributed by atoms with Gasteiger partial charge >= 0.3 is 6.18 Å². The smallest absolute Gasteiger partial charge is 0.367 e. The summed E-state index contributed by atoms with van der Waals surface area (Å²) in [7, 11) is 0. The molecule has 1 N–H and O–H groups in total. The van der Waals surface area contributed by atoms with Crippen LogP contribution in [0, 0.1) is 0 Å². The van der Waals surface area contributed by atoms with Crippen molar-refractivity contribution in [1.82, 2.24) is 10.2 Å². The van der Waals surface area contributed by atoms with Gasteiger partial charge in [-0.15, -0.1) is 0 Å². The van der Waals surface area contributed by atoms with Crippen molar-refractivity contribution in [3.63, 3.8) is 0 Å². The molecule has 8 heteroatoms. The van der Waals surface area contributed by atoms with E-state index in [2.05, 4.69) is 10.1 Å². The van der Waals surface area contributed by atoms with E-state index in [0.29, 0.717) is 30.6 Å². The number of halogens is 3. The van der Waals surface area contributed by atoms with Crippen LogP contribution in [0.3, 0.4) is 0 Å². The molecule has 0 aliphatic carbocycles. The zero-order chi connectivity index (χ0) is 19.0. The van der Waals surface area contributed by atoms with Crippen LogP contribution in [0.15, 0.2) is 24.3 Å². The van der Waals surface area contributed by atoms with Crippen LogP contribution in [-0.2, 0) is 16.1 Å². The molecule has 0 saturated carbocycles. The fourth-order valence-corrected chi connectivity index (χ4v) is 2.72. The fourth-order valence-electron chi connectivity index (χ4n) is 2.72. The number of benzene rings is 1. The Labute approximate surface area is 150 Å². The lowest BCUT2D eigenvalue weighted by Crippen LogP contribution is -2.38. The van der Waals surface area contributed by atoms with Crippen LogP contribution in [0.4, 0.5) is 13.2 Å². The molecule has 26 heavy (non-hydrogen) atoms. The van der Waals surface area contributed by atoms with Crippen LogP contribution in [0.25, 0.3) is 0 Å². The summed E-state index contributed by atoms with van der Waals surface area (Å²) in [5, 5.41) is 2.76. The topological polar surface area (TPSA) is 58.6 Å². The van der Waals surface area contributed by atoms with Gasteiger partial charge in [-0.1, -0.05) is 18.6 Å². The summed E-state index contributed by atoms with van der Waals surface area (Å²) in [6.45, 7) is 0.0965. The molecule has 1 aromatic carbocycles. The summed E-state index contributed by atoms with van der Waals surface area (Å²) in [5.74, 6) is -0.157. The number of likely N-dealkylation sites (tertiary alicyclic amines) is 1. The summed E-state index contributed by atoms with van der Waals surface area (Å²) >= 11 is 0. The van der Waals surface area contributed by atoms with Crippen molar-refractivity contribution in [2.75, 3.05) is 26.2 Å². The lowest BCUT2D eigenvalue weighted by atomic mass is 10.1. The molecule has 0 atom stereocenters. The first-order valence-corrected chi connectivity index (χ1v) is 8.64. The molecule has 0 unspecified atom stereocenters. The minimum absolute atomic E-state index is 0.125. The summed E-state index contributed by atoms with van der Waals surface area (Å²) in [6, 6.07) is 6.20. The van der Waals surface area contributed by atoms with Crippen LogP contribution in [0.2, 0.25) is 0 Å². The highest BCUT2D eigenvalue weighted by atomic mass is 19.4. The first-order valence-electron chi connectivity index (χ1n) is 8.64. The summed E-state index contributed by atoms with van der Waals surface area (Å²) in [4.78, 5) is 25.7. The molecule has 1 saturated heterocycles. The standard InChI is InChI=1S/C18H23F3N2O3/c19-18(20,21)13-26-12-14-5-7-15(8-6-14)17(25)22-9-11-23-10-3-1-2-4-16(23)24/h5-8H,1-4,9-13H2,(H,22,25). The van der Waals surface area contributed by atoms with Gasteiger partial charge in [0.1, 0.15) is 6.61 Å². The number of carbonyl (C=O) groups is 2. The van der Waals surface area contributed by atoms with E-state index in [1.165, 1.54) is 0 Å². The van der Waals surface area contributed by atoms with Crippen LogP contribution in [0.5, 0.6) is 0 Å². The Morgan fingerprint density at radius 1 is 1.15 bits per heavy atom. The molecule has 0 bridgehead atoms. The van der Waals surface area contributed by atoms with Gasteiger partial charge in [0, 0.05) is 31.6 Å². The van der Waals surface area contributed by atoms with Crippen molar-refractivity contribution in [1.29, 1.82) is 0 Å². The van der Waals surface area contributed by atoms with Crippen LogP contribution in [-0.4, -0.2) is 49.1 Å². The van der Waals surface area contributed by atoms with Gasteiger partial charge < -0.3 is 15.0 Å². The van der Waals surface area contributed by atoms with Crippen molar-refractivity contribution in [2.45, 2.75) is 38.5 Å². The Morgan fingerprint density at radius 3 is 2.58 bits per heavy atom. The molecule has 1 aliphatic heterocycles. The van der Waals surface area contributed by atoms with E-state index in [-0.39, 0.29) is 18.4 Å². The van der Waals surface area contributed by atoms with Crippen molar-refractivity contribution in [3.05, 3.63) is 35.4 Å². The van der Waals surface area contributed by atoms with Crippen LogP contribution in [0.1, 0.15) is 41.6 Å². The minimum atomic E-state index is -4.35. The molecule has 0 spiro atoms. The van der Waals surface area contributed by atoms with Gasteiger partial charge in [0.15, 0.2) is 0 Å². The molecule has 1 aliphatic rings. The lowest BCUT2D eigenvalue weighted by Gasteiger charge is -2.20. The maximum absolute atomic E-state index is 12.1. The SMILES string of the molecule is O=C(NCCN1CCCCCC1=O)c1ccc(COCC(F)(F)F)cc1. The monoisotopic (exact) mass is 372 g/mol. The molecule has 0 aromatic heterocycles. The van der Waals surface area contributed by atoms with E-state index in [1.54, 1.807) is 29.2 Å². The first kappa shape index (κ1) is 20.2. The maximum Gasteiger partial charge on any atom is 0.411 e. The largest absolute Gasteiger partial charge is 0.411 e. The Morgan fingerprint density at radius 2 is 1.88 bits per heavy atom. The Kier molecular flexibility index (Phi) is 7.44. The maximum atomic E-state index is 12.1. The number of carbonyl (C=O) groups excluding carboxylic acids is 2. The van der Waals surface area contributed by atoms with Gasteiger partial charge in [0.25, 0.3) is 5.91 Å².